The van der Waals surface area contributed by atoms with E-state index in [0.717, 1.165) is 23.3 Å². The summed E-state index contributed by atoms with van der Waals surface area (Å²) in [6.45, 7) is 2.32. The van der Waals surface area contributed by atoms with E-state index >= 15 is 0 Å². The van der Waals surface area contributed by atoms with Gasteiger partial charge in [0, 0.05) is 28.5 Å². The number of benzene rings is 1. The van der Waals surface area contributed by atoms with Crippen LogP contribution >= 0.6 is 27.3 Å². The summed E-state index contributed by atoms with van der Waals surface area (Å²) < 4.78 is 1.11. The van der Waals surface area contributed by atoms with Crippen LogP contribution in [0, 0.1) is 0 Å². The van der Waals surface area contributed by atoms with Gasteiger partial charge in [-0.25, -0.2) is 4.98 Å². The van der Waals surface area contributed by atoms with E-state index in [1.165, 1.54) is 36.4 Å². The van der Waals surface area contributed by atoms with E-state index in [1.54, 1.807) is 11.3 Å². The van der Waals surface area contributed by atoms with Crippen LogP contribution in [0.3, 0.4) is 0 Å². The summed E-state index contributed by atoms with van der Waals surface area (Å²) in [6, 6.07) is 8.35. The summed E-state index contributed by atoms with van der Waals surface area (Å²) >= 11 is 5.28. The number of anilines is 1. The van der Waals surface area contributed by atoms with Crippen molar-refractivity contribution in [3.8, 4) is 11.3 Å². The Labute approximate surface area is 126 Å². The molecule has 1 aromatic heterocycles. The van der Waals surface area contributed by atoms with Gasteiger partial charge < -0.3 is 4.90 Å². The predicted molar refractivity (Wildman–Crippen MR) is 85.9 cm³/mol. The molecule has 1 aromatic carbocycles. The number of hydrogen-bond donors (Lipinski definition) is 0. The van der Waals surface area contributed by atoms with Crippen molar-refractivity contribution in [3.63, 3.8) is 0 Å². The second-order valence-corrected chi connectivity index (χ2v) is 6.68. The molecule has 0 spiro atoms. The van der Waals surface area contributed by atoms with Gasteiger partial charge in [0.2, 0.25) is 0 Å². The molecule has 1 saturated heterocycles. The molecule has 0 atom stereocenters. The van der Waals surface area contributed by atoms with E-state index in [1.807, 2.05) is 6.07 Å². The van der Waals surface area contributed by atoms with Gasteiger partial charge in [-0.15, -0.1) is 11.3 Å². The lowest BCUT2D eigenvalue weighted by Gasteiger charge is -2.18. The normalized spacial score (nSPS) is 16.4. The first kappa shape index (κ1) is 13.1. The molecule has 2 nitrogen and oxygen atoms in total. The van der Waals surface area contributed by atoms with E-state index < -0.39 is 0 Å². The highest BCUT2D eigenvalue weighted by Crippen LogP contribution is 2.30. The van der Waals surface area contributed by atoms with Gasteiger partial charge in [-0.1, -0.05) is 40.9 Å². The van der Waals surface area contributed by atoms with E-state index in [-0.39, 0.29) is 0 Å². The zero-order valence-corrected chi connectivity index (χ0v) is 13.2. The van der Waals surface area contributed by atoms with Crippen molar-refractivity contribution < 1.29 is 0 Å². The molecule has 0 N–H and O–H groups in total. The lowest BCUT2D eigenvalue weighted by molar-refractivity contribution is 0.726. The largest absolute Gasteiger partial charge is 0.348 e. The molecule has 0 unspecified atom stereocenters. The Bertz CT molecular complexity index is 545. The summed E-state index contributed by atoms with van der Waals surface area (Å²) in [5.41, 5.74) is 2.28. The third-order valence-corrected chi connectivity index (χ3v) is 4.88. The van der Waals surface area contributed by atoms with Crippen LogP contribution in [0.1, 0.15) is 25.7 Å². The van der Waals surface area contributed by atoms with Crippen molar-refractivity contribution >= 4 is 32.4 Å². The predicted octanol–water partition coefficient (Wildman–Crippen LogP) is 4.95. The van der Waals surface area contributed by atoms with Gasteiger partial charge in [0.05, 0.1) is 5.69 Å². The van der Waals surface area contributed by atoms with E-state index in [2.05, 4.69) is 44.4 Å². The third kappa shape index (κ3) is 3.18. The first-order chi connectivity index (χ1) is 9.33. The molecule has 100 valence electrons. The Hall–Kier alpha value is -0.870. The molecule has 1 aliphatic rings. The van der Waals surface area contributed by atoms with Crippen LogP contribution in [0.2, 0.25) is 0 Å². The molecule has 19 heavy (non-hydrogen) atoms. The van der Waals surface area contributed by atoms with Gasteiger partial charge in [-0.2, -0.15) is 0 Å². The number of rotatable bonds is 2. The van der Waals surface area contributed by atoms with Gasteiger partial charge >= 0.3 is 0 Å². The monoisotopic (exact) mass is 336 g/mol. The van der Waals surface area contributed by atoms with Crippen molar-refractivity contribution in [2.24, 2.45) is 0 Å². The average molecular weight is 337 g/mol. The summed E-state index contributed by atoms with van der Waals surface area (Å²) in [5.74, 6) is 0. The van der Waals surface area contributed by atoms with Crippen LogP contribution in [0.15, 0.2) is 34.1 Å². The molecule has 2 heterocycles. The van der Waals surface area contributed by atoms with Crippen molar-refractivity contribution in [1.82, 2.24) is 4.98 Å². The Morgan fingerprint density at radius 2 is 1.89 bits per heavy atom. The number of nitrogens with zero attached hydrogens (tertiary/aromatic N) is 2. The molecule has 1 aliphatic heterocycles. The highest BCUT2D eigenvalue weighted by molar-refractivity contribution is 9.10. The van der Waals surface area contributed by atoms with Crippen molar-refractivity contribution in [2.45, 2.75) is 25.7 Å². The fourth-order valence-corrected chi connectivity index (χ4v) is 3.74. The molecule has 2 aromatic rings. The SMILES string of the molecule is Brc1cccc(-c2csc(N3CCCCCC3)n2)c1. The summed E-state index contributed by atoms with van der Waals surface area (Å²) in [7, 11) is 0. The van der Waals surface area contributed by atoms with E-state index in [9.17, 15) is 0 Å². The fraction of sp³-hybridized carbons (Fsp3) is 0.400. The van der Waals surface area contributed by atoms with Crippen molar-refractivity contribution in [2.75, 3.05) is 18.0 Å². The minimum Gasteiger partial charge on any atom is -0.348 e. The average Bonchev–Trinajstić information content (AvgIpc) is 2.75. The molecular formula is C15H17BrN2S. The Morgan fingerprint density at radius 1 is 1.11 bits per heavy atom. The molecule has 0 radical (unpaired) electrons. The Kier molecular flexibility index (Phi) is 4.18. The molecule has 0 aliphatic carbocycles. The molecule has 0 amide bonds. The first-order valence-corrected chi connectivity index (χ1v) is 8.46. The summed E-state index contributed by atoms with van der Waals surface area (Å²) in [5, 5.41) is 3.35. The second kappa shape index (κ2) is 6.06. The fourth-order valence-electron chi connectivity index (χ4n) is 2.45. The maximum atomic E-state index is 4.81. The quantitative estimate of drug-likeness (QED) is 0.770. The minimum absolute atomic E-state index is 1.09. The number of halogens is 1. The Morgan fingerprint density at radius 3 is 2.63 bits per heavy atom. The standard InChI is InChI=1S/C15H17BrN2S/c16-13-7-5-6-12(10-13)14-11-19-15(17-14)18-8-3-1-2-4-9-18/h5-7,10-11H,1-4,8-9H2. The van der Waals surface area contributed by atoms with Crippen molar-refractivity contribution in [1.29, 1.82) is 0 Å². The maximum Gasteiger partial charge on any atom is 0.185 e. The maximum absolute atomic E-state index is 4.81. The first-order valence-electron chi connectivity index (χ1n) is 6.79. The van der Waals surface area contributed by atoms with Crippen LogP contribution in [0.5, 0.6) is 0 Å². The molecular weight excluding hydrogens is 320 g/mol. The minimum atomic E-state index is 1.09. The van der Waals surface area contributed by atoms with Crippen LogP contribution in [0.4, 0.5) is 5.13 Å². The number of thiazole rings is 1. The van der Waals surface area contributed by atoms with Crippen LogP contribution in [-0.2, 0) is 0 Å². The number of aromatic nitrogens is 1. The van der Waals surface area contributed by atoms with Crippen molar-refractivity contribution in [3.05, 3.63) is 34.1 Å². The lowest BCUT2D eigenvalue weighted by atomic mass is 10.2. The van der Waals surface area contributed by atoms with Gasteiger partial charge in [0.1, 0.15) is 0 Å². The van der Waals surface area contributed by atoms with Gasteiger partial charge in [-0.05, 0) is 25.0 Å². The molecule has 0 bridgehead atoms. The zero-order chi connectivity index (χ0) is 13.1. The lowest BCUT2D eigenvalue weighted by Crippen LogP contribution is -2.23. The summed E-state index contributed by atoms with van der Waals surface area (Å²) in [4.78, 5) is 7.25. The zero-order valence-electron chi connectivity index (χ0n) is 10.8. The topological polar surface area (TPSA) is 16.1 Å². The highest BCUT2D eigenvalue weighted by Gasteiger charge is 2.14. The van der Waals surface area contributed by atoms with Gasteiger partial charge in [-0.3, -0.25) is 0 Å². The molecule has 4 heteroatoms. The van der Waals surface area contributed by atoms with Crippen LogP contribution in [0.25, 0.3) is 11.3 Å². The summed E-state index contributed by atoms with van der Waals surface area (Å²) in [6.07, 6.45) is 5.32. The number of hydrogen-bond acceptors (Lipinski definition) is 3. The smallest absolute Gasteiger partial charge is 0.185 e. The molecule has 3 rings (SSSR count). The van der Waals surface area contributed by atoms with Gasteiger partial charge in [0.15, 0.2) is 5.13 Å². The van der Waals surface area contributed by atoms with E-state index in [4.69, 9.17) is 4.98 Å². The third-order valence-electron chi connectivity index (χ3n) is 3.49. The molecule has 0 saturated carbocycles. The van der Waals surface area contributed by atoms with Crippen LogP contribution in [-0.4, -0.2) is 18.1 Å². The second-order valence-electron chi connectivity index (χ2n) is 4.93. The van der Waals surface area contributed by atoms with Gasteiger partial charge in [0.25, 0.3) is 0 Å². The van der Waals surface area contributed by atoms with E-state index in [0.29, 0.717) is 0 Å². The molecule has 1 fully saturated rings. The Balaban J connectivity index is 1.82. The van der Waals surface area contributed by atoms with Crippen LogP contribution < -0.4 is 4.90 Å². The highest BCUT2D eigenvalue weighted by atomic mass is 79.9.